The average molecular weight is 283 g/mol. The van der Waals surface area contributed by atoms with Gasteiger partial charge in [0.2, 0.25) is 11.9 Å². The molecule has 1 amide bonds. The molecule has 0 aliphatic carbocycles. The Morgan fingerprint density at radius 2 is 2.15 bits per heavy atom. The number of carbonyl (C=O) groups excluding carboxylic acids is 1. The Kier molecular flexibility index (Phi) is 6.69. The molecule has 0 aliphatic heterocycles. The van der Waals surface area contributed by atoms with Crippen LogP contribution in [-0.4, -0.2) is 35.5 Å². The van der Waals surface area contributed by atoms with Gasteiger partial charge in [-0.05, 0) is 12.8 Å². The summed E-state index contributed by atoms with van der Waals surface area (Å²) in [5.74, 6) is 0.281. The molecule has 0 aliphatic rings. The van der Waals surface area contributed by atoms with Gasteiger partial charge in [-0.15, -0.1) is 0 Å². The number of halogens is 1. The molecule has 1 aromatic heterocycles. The lowest BCUT2D eigenvalue weighted by Gasteiger charge is -2.10. The molecule has 1 rings (SSSR count). The fraction of sp³-hybridized carbons (Fsp3) is 0.615. The van der Waals surface area contributed by atoms with E-state index in [1.807, 2.05) is 20.8 Å². The lowest BCUT2D eigenvalue weighted by Crippen LogP contribution is -2.28. The van der Waals surface area contributed by atoms with Crippen LogP contribution in [0.5, 0.6) is 0 Å². The summed E-state index contributed by atoms with van der Waals surface area (Å²) in [5, 5.41) is 8.50. The number of nitrogens with zero attached hydrogens (tertiary/aromatic N) is 2. The molecule has 1 heterocycles. The predicted molar refractivity (Wildman–Crippen MR) is 77.1 cm³/mol. The minimum absolute atomic E-state index is 0.0624. The lowest BCUT2D eigenvalue weighted by molar-refractivity contribution is -0.120. The monoisotopic (exact) mass is 283 g/mol. The second-order valence-electron chi connectivity index (χ2n) is 4.80. The van der Waals surface area contributed by atoms with E-state index in [0.717, 1.165) is 6.20 Å². The number of rotatable bonds is 8. The van der Waals surface area contributed by atoms with E-state index in [2.05, 4.69) is 25.9 Å². The molecule has 0 spiro atoms. The molecular weight excluding hydrogens is 261 g/mol. The fourth-order valence-electron chi connectivity index (χ4n) is 1.44. The Labute approximate surface area is 118 Å². The Bertz CT molecular complexity index is 439. The van der Waals surface area contributed by atoms with Gasteiger partial charge in [-0.3, -0.25) is 4.79 Å². The minimum Gasteiger partial charge on any atom is -0.367 e. The minimum atomic E-state index is -0.533. The van der Waals surface area contributed by atoms with Crippen molar-refractivity contribution in [3.05, 3.63) is 12.0 Å². The van der Waals surface area contributed by atoms with Crippen LogP contribution in [0.1, 0.15) is 27.2 Å². The fourth-order valence-corrected chi connectivity index (χ4v) is 1.44. The van der Waals surface area contributed by atoms with Crippen molar-refractivity contribution in [3.8, 4) is 0 Å². The summed E-state index contributed by atoms with van der Waals surface area (Å²) in [6.07, 6.45) is 1.37. The molecule has 0 saturated heterocycles. The van der Waals surface area contributed by atoms with Crippen LogP contribution in [0.25, 0.3) is 0 Å². The quantitative estimate of drug-likeness (QED) is 0.675. The lowest BCUT2D eigenvalue weighted by atomic mass is 10.2. The van der Waals surface area contributed by atoms with E-state index >= 15 is 0 Å². The van der Waals surface area contributed by atoms with E-state index in [4.69, 9.17) is 0 Å². The number of anilines is 2. The van der Waals surface area contributed by atoms with Crippen molar-refractivity contribution in [2.24, 2.45) is 5.92 Å². The standard InChI is InChI=1S/C13H22FN5O/c1-4-15-13-18-8-10(14)12(19-13)16-6-5-11(20)17-7-9(2)3/h8-9H,4-7H2,1-3H3,(H,17,20)(H2,15,16,18,19). The topological polar surface area (TPSA) is 78.9 Å². The molecule has 0 radical (unpaired) electrons. The summed E-state index contributed by atoms with van der Waals surface area (Å²) >= 11 is 0. The molecule has 3 N–H and O–H groups in total. The summed E-state index contributed by atoms with van der Waals surface area (Å²) < 4.78 is 13.5. The normalized spacial score (nSPS) is 10.4. The SMILES string of the molecule is CCNc1ncc(F)c(NCCC(=O)NCC(C)C)n1. The maximum absolute atomic E-state index is 13.5. The average Bonchev–Trinajstić information content (AvgIpc) is 2.40. The van der Waals surface area contributed by atoms with Gasteiger partial charge in [0.1, 0.15) is 0 Å². The van der Waals surface area contributed by atoms with Crippen molar-refractivity contribution in [3.63, 3.8) is 0 Å². The summed E-state index contributed by atoms with van der Waals surface area (Å²) in [4.78, 5) is 19.3. The zero-order valence-corrected chi connectivity index (χ0v) is 12.2. The zero-order valence-electron chi connectivity index (χ0n) is 12.2. The van der Waals surface area contributed by atoms with Crippen LogP contribution in [0.4, 0.5) is 16.2 Å². The van der Waals surface area contributed by atoms with Gasteiger partial charge in [0.05, 0.1) is 6.20 Å². The number of aromatic nitrogens is 2. The number of hydrogen-bond acceptors (Lipinski definition) is 5. The van der Waals surface area contributed by atoms with Gasteiger partial charge in [-0.1, -0.05) is 13.8 Å². The number of amides is 1. The highest BCUT2D eigenvalue weighted by molar-refractivity contribution is 5.76. The third-order valence-electron chi connectivity index (χ3n) is 2.43. The highest BCUT2D eigenvalue weighted by Crippen LogP contribution is 2.11. The van der Waals surface area contributed by atoms with Gasteiger partial charge in [-0.2, -0.15) is 4.98 Å². The first kappa shape index (κ1) is 16.1. The van der Waals surface area contributed by atoms with Crippen molar-refractivity contribution >= 4 is 17.7 Å². The van der Waals surface area contributed by atoms with Crippen LogP contribution >= 0.6 is 0 Å². The van der Waals surface area contributed by atoms with E-state index in [1.54, 1.807) is 0 Å². The highest BCUT2D eigenvalue weighted by atomic mass is 19.1. The second kappa shape index (κ2) is 8.29. The molecule has 20 heavy (non-hydrogen) atoms. The number of carbonyl (C=O) groups is 1. The first-order chi connectivity index (χ1) is 9.52. The van der Waals surface area contributed by atoms with Gasteiger partial charge in [0, 0.05) is 26.1 Å². The van der Waals surface area contributed by atoms with Crippen molar-refractivity contribution in [1.29, 1.82) is 0 Å². The van der Waals surface area contributed by atoms with Gasteiger partial charge in [0.15, 0.2) is 11.6 Å². The highest BCUT2D eigenvalue weighted by Gasteiger charge is 2.07. The summed E-state index contributed by atoms with van der Waals surface area (Å²) in [7, 11) is 0. The maximum Gasteiger partial charge on any atom is 0.224 e. The molecule has 0 atom stereocenters. The van der Waals surface area contributed by atoms with Crippen LogP contribution in [0.15, 0.2) is 6.20 Å². The summed E-state index contributed by atoms with van der Waals surface area (Å²) in [6, 6.07) is 0. The second-order valence-corrected chi connectivity index (χ2v) is 4.80. The summed E-state index contributed by atoms with van der Waals surface area (Å²) in [6.45, 7) is 7.57. The molecule has 6 nitrogen and oxygen atoms in total. The van der Waals surface area contributed by atoms with E-state index < -0.39 is 5.82 Å². The molecule has 7 heteroatoms. The summed E-state index contributed by atoms with van der Waals surface area (Å²) in [5.41, 5.74) is 0. The van der Waals surface area contributed by atoms with Crippen molar-refractivity contribution in [2.75, 3.05) is 30.3 Å². The molecule has 0 bridgehead atoms. The van der Waals surface area contributed by atoms with E-state index in [0.29, 0.717) is 31.5 Å². The Balaban J connectivity index is 2.41. The third-order valence-corrected chi connectivity index (χ3v) is 2.43. The van der Waals surface area contributed by atoms with Crippen LogP contribution in [0, 0.1) is 11.7 Å². The van der Waals surface area contributed by atoms with E-state index in [-0.39, 0.29) is 18.1 Å². The Morgan fingerprint density at radius 3 is 2.80 bits per heavy atom. The first-order valence-electron chi connectivity index (χ1n) is 6.80. The molecule has 112 valence electrons. The van der Waals surface area contributed by atoms with Crippen molar-refractivity contribution < 1.29 is 9.18 Å². The predicted octanol–water partition coefficient (Wildman–Crippen LogP) is 1.62. The molecule has 0 unspecified atom stereocenters. The van der Waals surface area contributed by atoms with Gasteiger partial charge < -0.3 is 16.0 Å². The van der Waals surface area contributed by atoms with Gasteiger partial charge in [-0.25, -0.2) is 9.37 Å². The molecule has 1 aromatic rings. The van der Waals surface area contributed by atoms with Gasteiger partial charge >= 0.3 is 0 Å². The number of nitrogens with one attached hydrogen (secondary N) is 3. The van der Waals surface area contributed by atoms with Crippen LogP contribution in [0.2, 0.25) is 0 Å². The molecular formula is C13H22FN5O. The van der Waals surface area contributed by atoms with E-state index in [1.165, 1.54) is 0 Å². The zero-order chi connectivity index (χ0) is 15.0. The van der Waals surface area contributed by atoms with Crippen molar-refractivity contribution in [1.82, 2.24) is 15.3 Å². The molecule has 0 saturated carbocycles. The molecule has 0 fully saturated rings. The van der Waals surface area contributed by atoms with Crippen LogP contribution < -0.4 is 16.0 Å². The Hall–Kier alpha value is -1.92. The van der Waals surface area contributed by atoms with Crippen LogP contribution in [-0.2, 0) is 4.79 Å². The maximum atomic E-state index is 13.5. The third kappa shape index (κ3) is 5.81. The number of hydrogen-bond donors (Lipinski definition) is 3. The smallest absolute Gasteiger partial charge is 0.224 e. The first-order valence-corrected chi connectivity index (χ1v) is 6.80. The van der Waals surface area contributed by atoms with Crippen LogP contribution in [0.3, 0.4) is 0 Å². The van der Waals surface area contributed by atoms with E-state index in [9.17, 15) is 9.18 Å². The Morgan fingerprint density at radius 1 is 1.40 bits per heavy atom. The largest absolute Gasteiger partial charge is 0.367 e. The molecule has 0 aromatic carbocycles. The van der Waals surface area contributed by atoms with Gasteiger partial charge in [0.25, 0.3) is 0 Å². The van der Waals surface area contributed by atoms with Crippen molar-refractivity contribution in [2.45, 2.75) is 27.2 Å².